The molecular formula is C14H12FN3O4S. The zero-order valence-electron chi connectivity index (χ0n) is 11.7. The second kappa shape index (κ2) is 7.45. The average molecular weight is 337 g/mol. The summed E-state index contributed by atoms with van der Waals surface area (Å²) in [7, 11) is 0. The number of carbonyl (C=O) groups is 2. The van der Waals surface area contributed by atoms with Gasteiger partial charge in [-0.3, -0.25) is 19.7 Å². The van der Waals surface area contributed by atoms with Crippen molar-refractivity contribution >= 4 is 34.5 Å². The van der Waals surface area contributed by atoms with Gasteiger partial charge in [-0.15, -0.1) is 0 Å². The summed E-state index contributed by atoms with van der Waals surface area (Å²) in [5.74, 6) is -1.64. The number of halogens is 1. The van der Waals surface area contributed by atoms with Crippen LogP contribution in [-0.4, -0.2) is 23.3 Å². The van der Waals surface area contributed by atoms with Crippen LogP contribution >= 0.6 is 11.3 Å². The Hall–Kier alpha value is -2.81. The number of benzene rings is 1. The van der Waals surface area contributed by atoms with E-state index in [9.17, 15) is 24.1 Å². The predicted octanol–water partition coefficient (Wildman–Crippen LogP) is 2.55. The van der Waals surface area contributed by atoms with Crippen LogP contribution in [0.2, 0.25) is 0 Å². The Balaban J connectivity index is 1.86. The number of amides is 2. The van der Waals surface area contributed by atoms with Crippen LogP contribution in [0.4, 0.5) is 15.8 Å². The van der Waals surface area contributed by atoms with Crippen molar-refractivity contribution < 1.29 is 18.9 Å². The van der Waals surface area contributed by atoms with Crippen molar-refractivity contribution in [2.45, 2.75) is 6.42 Å². The summed E-state index contributed by atoms with van der Waals surface area (Å²) >= 11 is 1.38. The van der Waals surface area contributed by atoms with Crippen molar-refractivity contribution in [3.8, 4) is 0 Å². The molecule has 0 bridgehead atoms. The minimum absolute atomic E-state index is 0.0665. The predicted molar refractivity (Wildman–Crippen MR) is 83.0 cm³/mol. The first-order valence-electron chi connectivity index (χ1n) is 6.51. The molecule has 7 nitrogen and oxygen atoms in total. The van der Waals surface area contributed by atoms with Gasteiger partial charge in [-0.25, -0.2) is 4.39 Å². The molecule has 1 aromatic carbocycles. The normalized spacial score (nSPS) is 10.1. The smallest absolute Gasteiger partial charge is 0.271 e. The van der Waals surface area contributed by atoms with E-state index in [-0.39, 0.29) is 30.2 Å². The van der Waals surface area contributed by atoms with E-state index in [0.29, 0.717) is 5.56 Å². The van der Waals surface area contributed by atoms with Gasteiger partial charge < -0.3 is 10.6 Å². The van der Waals surface area contributed by atoms with Crippen LogP contribution in [0, 0.1) is 15.9 Å². The van der Waals surface area contributed by atoms with Gasteiger partial charge in [0.25, 0.3) is 11.6 Å². The van der Waals surface area contributed by atoms with Crippen molar-refractivity contribution in [3.63, 3.8) is 0 Å². The van der Waals surface area contributed by atoms with Crippen molar-refractivity contribution in [2.24, 2.45) is 0 Å². The zero-order chi connectivity index (χ0) is 16.8. The van der Waals surface area contributed by atoms with Crippen LogP contribution < -0.4 is 10.6 Å². The van der Waals surface area contributed by atoms with Crippen LogP contribution in [0.15, 0.2) is 35.0 Å². The van der Waals surface area contributed by atoms with Crippen LogP contribution in [-0.2, 0) is 4.79 Å². The van der Waals surface area contributed by atoms with Gasteiger partial charge >= 0.3 is 0 Å². The van der Waals surface area contributed by atoms with Gasteiger partial charge in [-0.1, -0.05) is 0 Å². The van der Waals surface area contributed by atoms with Crippen molar-refractivity contribution in [3.05, 3.63) is 56.5 Å². The summed E-state index contributed by atoms with van der Waals surface area (Å²) in [6, 6.07) is 4.51. The Morgan fingerprint density at radius 1 is 1.30 bits per heavy atom. The average Bonchev–Trinajstić information content (AvgIpc) is 3.03. The van der Waals surface area contributed by atoms with Gasteiger partial charge in [-0.05, 0) is 17.5 Å². The molecule has 0 atom stereocenters. The highest BCUT2D eigenvalue weighted by molar-refractivity contribution is 7.08. The SMILES string of the molecule is O=C(CCNC(=O)c1ccsc1)Nc1cc([N+](=O)[O-])ccc1F. The van der Waals surface area contributed by atoms with Gasteiger partial charge in [0.2, 0.25) is 5.91 Å². The second-order valence-electron chi connectivity index (χ2n) is 4.49. The molecule has 0 aliphatic rings. The molecule has 0 aliphatic heterocycles. The molecule has 0 spiro atoms. The number of hydrogen-bond donors (Lipinski definition) is 2. The van der Waals surface area contributed by atoms with E-state index in [4.69, 9.17) is 0 Å². The van der Waals surface area contributed by atoms with Crippen LogP contribution in [0.25, 0.3) is 0 Å². The Morgan fingerprint density at radius 3 is 2.74 bits per heavy atom. The van der Waals surface area contributed by atoms with E-state index in [0.717, 1.165) is 18.2 Å². The molecule has 120 valence electrons. The molecule has 0 saturated heterocycles. The van der Waals surface area contributed by atoms with E-state index in [2.05, 4.69) is 10.6 Å². The maximum Gasteiger partial charge on any atom is 0.271 e. The lowest BCUT2D eigenvalue weighted by Gasteiger charge is -2.07. The molecule has 2 rings (SSSR count). The number of rotatable bonds is 6. The number of anilines is 1. The quantitative estimate of drug-likeness (QED) is 0.625. The number of nitro groups is 1. The first-order chi connectivity index (χ1) is 11.0. The third-order valence-electron chi connectivity index (χ3n) is 2.86. The highest BCUT2D eigenvalue weighted by Gasteiger charge is 2.13. The molecular weight excluding hydrogens is 325 g/mol. The van der Waals surface area contributed by atoms with Gasteiger partial charge in [0.05, 0.1) is 10.6 Å². The van der Waals surface area contributed by atoms with Gasteiger partial charge in [0.15, 0.2) is 0 Å². The van der Waals surface area contributed by atoms with Crippen molar-refractivity contribution in [1.29, 1.82) is 0 Å². The fourth-order valence-electron chi connectivity index (χ4n) is 1.72. The van der Waals surface area contributed by atoms with Gasteiger partial charge in [0, 0.05) is 36.0 Å². The van der Waals surface area contributed by atoms with E-state index < -0.39 is 16.6 Å². The topological polar surface area (TPSA) is 101 Å². The van der Waals surface area contributed by atoms with E-state index >= 15 is 0 Å². The first kappa shape index (κ1) is 16.6. The molecule has 0 fully saturated rings. The highest BCUT2D eigenvalue weighted by atomic mass is 32.1. The number of non-ortho nitro benzene ring substituents is 1. The summed E-state index contributed by atoms with van der Waals surface area (Å²) in [6.45, 7) is 0.0665. The third-order valence-corrected chi connectivity index (χ3v) is 3.54. The molecule has 1 heterocycles. The standard InChI is InChI=1S/C14H12FN3O4S/c15-11-2-1-10(18(21)22)7-12(11)17-13(19)3-5-16-14(20)9-4-6-23-8-9/h1-2,4,6-8H,3,5H2,(H,16,20)(H,17,19). The van der Waals surface area contributed by atoms with Gasteiger partial charge in [0.1, 0.15) is 5.82 Å². The largest absolute Gasteiger partial charge is 0.351 e. The Kier molecular flexibility index (Phi) is 5.36. The monoisotopic (exact) mass is 337 g/mol. The molecule has 9 heteroatoms. The molecule has 0 saturated carbocycles. The summed E-state index contributed by atoms with van der Waals surface area (Å²) in [6.07, 6.45) is -0.0853. The lowest BCUT2D eigenvalue weighted by molar-refractivity contribution is -0.384. The Bertz CT molecular complexity index is 734. The van der Waals surface area contributed by atoms with Crippen LogP contribution in [0.1, 0.15) is 16.8 Å². The van der Waals surface area contributed by atoms with E-state index in [1.807, 2.05) is 0 Å². The van der Waals surface area contributed by atoms with E-state index in [1.165, 1.54) is 11.3 Å². The zero-order valence-corrected chi connectivity index (χ0v) is 12.6. The summed E-state index contributed by atoms with van der Waals surface area (Å²) in [5.41, 5.74) is -0.0963. The molecule has 2 aromatic rings. The summed E-state index contributed by atoms with van der Waals surface area (Å²) < 4.78 is 13.5. The minimum Gasteiger partial charge on any atom is -0.351 e. The van der Waals surface area contributed by atoms with Crippen molar-refractivity contribution in [2.75, 3.05) is 11.9 Å². The van der Waals surface area contributed by atoms with E-state index in [1.54, 1.807) is 16.8 Å². The number of nitro benzene ring substituents is 1. The molecule has 0 aliphatic carbocycles. The number of carbonyl (C=O) groups excluding carboxylic acids is 2. The van der Waals surface area contributed by atoms with Crippen LogP contribution in [0.5, 0.6) is 0 Å². The van der Waals surface area contributed by atoms with Crippen molar-refractivity contribution in [1.82, 2.24) is 5.32 Å². The Labute approximate surface area is 134 Å². The maximum atomic E-state index is 13.5. The molecule has 1 aromatic heterocycles. The van der Waals surface area contributed by atoms with Gasteiger partial charge in [-0.2, -0.15) is 11.3 Å². The molecule has 0 unspecified atom stereocenters. The fourth-order valence-corrected chi connectivity index (χ4v) is 2.36. The first-order valence-corrected chi connectivity index (χ1v) is 7.46. The molecule has 2 N–H and O–H groups in total. The lowest BCUT2D eigenvalue weighted by atomic mass is 10.2. The van der Waals surface area contributed by atoms with Crippen LogP contribution in [0.3, 0.4) is 0 Å². The number of thiophene rings is 1. The fraction of sp³-hybridized carbons (Fsp3) is 0.143. The maximum absolute atomic E-state index is 13.5. The lowest BCUT2D eigenvalue weighted by Crippen LogP contribution is -2.27. The summed E-state index contributed by atoms with van der Waals surface area (Å²) in [5, 5.41) is 18.9. The molecule has 2 amide bonds. The Morgan fingerprint density at radius 2 is 2.09 bits per heavy atom. The highest BCUT2D eigenvalue weighted by Crippen LogP contribution is 2.21. The third kappa shape index (κ3) is 4.58. The molecule has 0 radical (unpaired) electrons. The number of nitrogens with one attached hydrogen (secondary N) is 2. The molecule has 23 heavy (non-hydrogen) atoms. The minimum atomic E-state index is -0.772. The number of hydrogen-bond acceptors (Lipinski definition) is 5. The summed E-state index contributed by atoms with van der Waals surface area (Å²) in [4.78, 5) is 33.3. The second-order valence-corrected chi connectivity index (χ2v) is 5.27. The number of nitrogens with zero attached hydrogens (tertiary/aromatic N) is 1.